The third kappa shape index (κ3) is 8.10. The Balaban J connectivity index is 3.61. The molecule has 68 valence electrons. The van der Waals surface area contributed by atoms with E-state index in [0.29, 0.717) is 6.61 Å². The molecule has 0 fully saturated rings. The summed E-state index contributed by atoms with van der Waals surface area (Å²) in [6.07, 6.45) is 0.725. The molecule has 0 aromatic carbocycles. The number of hydrogen-bond donors (Lipinski definition) is 0. The van der Waals surface area contributed by atoms with Gasteiger partial charge in [0, 0.05) is 24.4 Å². The minimum Gasteiger partial charge on any atom is -0.385 e. The summed E-state index contributed by atoms with van der Waals surface area (Å²) in [5.74, 6) is 0.0928. The van der Waals surface area contributed by atoms with Crippen molar-refractivity contribution in [2.24, 2.45) is 5.92 Å². The van der Waals surface area contributed by atoms with Gasteiger partial charge in [0.25, 0.3) is 0 Å². The lowest BCUT2D eigenvalue weighted by Gasteiger charge is -2.06. The van der Waals surface area contributed by atoms with Crippen LogP contribution in [0, 0.1) is 5.92 Å². The normalized spacial score (nSPS) is 14.8. The second-order valence-electron chi connectivity index (χ2n) is 2.59. The molecule has 0 spiro atoms. The lowest BCUT2D eigenvalue weighted by Crippen LogP contribution is -2.10. The van der Waals surface area contributed by atoms with Gasteiger partial charge in [-0.25, -0.2) is 8.42 Å². The third-order valence-corrected chi connectivity index (χ3v) is 2.64. The van der Waals surface area contributed by atoms with Crippen molar-refractivity contribution in [3.8, 4) is 0 Å². The second-order valence-corrected chi connectivity index (χ2v) is 5.41. The highest BCUT2D eigenvalue weighted by Gasteiger charge is 2.11. The minimum absolute atomic E-state index is 0.0257. The van der Waals surface area contributed by atoms with Gasteiger partial charge in [0.1, 0.15) is 0 Å². The van der Waals surface area contributed by atoms with Crippen LogP contribution < -0.4 is 0 Å². The fourth-order valence-electron chi connectivity index (χ4n) is 0.742. The molecular weight excluding hydrogens is 188 g/mol. The van der Waals surface area contributed by atoms with Crippen molar-refractivity contribution in [3.63, 3.8) is 0 Å². The molecule has 1 atom stereocenters. The zero-order valence-corrected chi connectivity index (χ0v) is 8.28. The molecule has 0 bridgehead atoms. The van der Waals surface area contributed by atoms with Crippen LogP contribution in [0.25, 0.3) is 0 Å². The quantitative estimate of drug-likeness (QED) is 0.627. The van der Waals surface area contributed by atoms with Crippen LogP contribution >= 0.6 is 10.7 Å². The maximum Gasteiger partial charge on any atom is 0.232 e. The minimum atomic E-state index is -3.34. The predicted molar refractivity (Wildman–Crippen MR) is 45.3 cm³/mol. The van der Waals surface area contributed by atoms with Gasteiger partial charge >= 0.3 is 0 Å². The molecule has 0 radical (unpaired) electrons. The van der Waals surface area contributed by atoms with E-state index in [9.17, 15) is 8.42 Å². The summed E-state index contributed by atoms with van der Waals surface area (Å²) in [6, 6.07) is 0. The largest absolute Gasteiger partial charge is 0.385 e. The molecule has 0 rings (SSSR count). The smallest absolute Gasteiger partial charge is 0.232 e. The molecule has 0 aromatic rings. The second kappa shape index (κ2) is 4.95. The van der Waals surface area contributed by atoms with Gasteiger partial charge in [0.05, 0.1) is 5.75 Å². The Kier molecular flexibility index (Phi) is 5.04. The van der Waals surface area contributed by atoms with Gasteiger partial charge in [0.15, 0.2) is 0 Å². The van der Waals surface area contributed by atoms with Crippen molar-refractivity contribution in [2.75, 3.05) is 19.5 Å². The van der Waals surface area contributed by atoms with Gasteiger partial charge in [-0.2, -0.15) is 0 Å². The van der Waals surface area contributed by atoms with Crippen molar-refractivity contribution in [1.82, 2.24) is 0 Å². The molecule has 0 aromatic heterocycles. The molecule has 0 saturated heterocycles. The van der Waals surface area contributed by atoms with E-state index in [-0.39, 0.29) is 11.7 Å². The SMILES string of the molecule is COCC[C@H](C)CS(=O)(=O)Cl. The first kappa shape index (κ1) is 11.2. The summed E-state index contributed by atoms with van der Waals surface area (Å²) in [5, 5.41) is 0. The Morgan fingerprint density at radius 3 is 2.45 bits per heavy atom. The molecule has 0 unspecified atom stereocenters. The number of ether oxygens (including phenoxy) is 1. The Bertz CT molecular complexity index is 188. The maximum absolute atomic E-state index is 10.5. The molecule has 0 N–H and O–H groups in total. The van der Waals surface area contributed by atoms with E-state index in [4.69, 9.17) is 15.4 Å². The summed E-state index contributed by atoms with van der Waals surface area (Å²) < 4.78 is 25.8. The molecule has 0 aliphatic rings. The highest BCUT2D eigenvalue weighted by Crippen LogP contribution is 2.08. The molecule has 0 amide bonds. The third-order valence-electron chi connectivity index (χ3n) is 1.30. The first-order chi connectivity index (χ1) is 4.95. The van der Waals surface area contributed by atoms with Gasteiger partial charge in [-0.15, -0.1) is 0 Å². The van der Waals surface area contributed by atoms with Crippen LogP contribution in [-0.2, 0) is 13.8 Å². The number of methoxy groups -OCH3 is 1. The van der Waals surface area contributed by atoms with Crippen LogP contribution in [0.1, 0.15) is 13.3 Å². The summed E-state index contributed by atoms with van der Waals surface area (Å²) in [7, 11) is 3.29. The number of rotatable bonds is 5. The van der Waals surface area contributed by atoms with Crippen molar-refractivity contribution < 1.29 is 13.2 Å². The van der Waals surface area contributed by atoms with E-state index in [1.54, 1.807) is 7.11 Å². The van der Waals surface area contributed by atoms with Crippen molar-refractivity contribution in [3.05, 3.63) is 0 Å². The molecule has 0 aliphatic heterocycles. The zero-order valence-electron chi connectivity index (χ0n) is 6.71. The van der Waals surface area contributed by atoms with Crippen LogP contribution in [-0.4, -0.2) is 27.9 Å². The van der Waals surface area contributed by atoms with E-state index in [2.05, 4.69) is 0 Å². The Hall–Kier alpha value is 0.200. The first-order valence-corrected chi connectivity index (χ1v) is 5.85. The van der Waals surface area contributed by atoms with Gasteiger partial charge in [-0.05, 0) is 12.3 Å². The maximum atomic E-state index is 10.5. The van der Waals surface area contributed by atoms with Crippen LogP contribution in [0.2, 0.25) is 0 Å². The standard InChI is InChI=1S/C6H13ClO3S/c1-6(3-4-10-2)5-11(7,8)9/h6H,3-5H2,1-2H3/t6-/m0/s1. The van der Waals surface area contributed by atoms with Crippen LogP contribution in [0.3, 0.4) is 0 Å². The van der Waals surface area contributed by atoms with Gasteiger partial charge in [-0.3, -0.25) is 0 Å². The lowest BCUT2D eigenvalue weighted by atomic mass is 10.1. The molecule has 0 heterocycles. The lowest BCUT2D eigenvalue weighted by molar-refractivity contribution is 0.183. The number of halogens is 1. The zero-order chi connectivity index (χ0) is 8.91. The Morgan fingerprint density at radius 1 is 1.55 bits per heavy atom. The average molecular weight is 201 g/mol. The topological polar surface area (TPSA) is 43.4 Å². The summed E-state index contributed by atoms with van der Waals surface area (Å²) in [4.78, 5) is 0. The fourth-order valence-corrected chi connectivity index (χ4v) is 2.23. The van der Waals surface area contributed by atoms with Crippen LogP contribution in [0.15, 0.2) is 0 Å². The molecule has 3 nitrogen and oxygen atoms in total. The van der Waals surface area contributed by atoms with Gasteiger partial charge < -0.3 is 4.74 Å². The average Bonchev–Trinajstić information content (AvgIpc) is 1.79. The fraction of sp³-hybridized carbons (Fsp3) is 1.00. The summed E-state index contributed by atoms with van der Waals surface area (Å²) in [5.41, 5.74) is 0. The highest BCUT2D eigenvalue weighted by atomic mass is 35.7. The van der Waals surface area contributed by atoms with Crippen molar-refractivity contribution in [2.45, 2.75) is 13.3 Å². The summed E-state index contributed by atoms with van der Waals surface area (Å²) in [6.45, 7) is 2.41. The number of hydrogen-bond acceptors (Lipinski definition) is 3. The van der Waals surface area contributed by atoms with Crippen molar-refractivity contribution >= 4 is 19.7 Å². The molecular formula is C6H13ClO3S. The van der Waals surface area contributed by atoms with Gasteiger partial charge in [-0.1, -0.05) is 6.92 Å². The predicted octanol–water partition coefficient (Wildman–Crippen LogP) is 1.23. The molecule has 11 heavy (non-hydrogen) atoms. The first-order valence-electron chi connectivity index (χ1n) is 3.37. The van der Waals surface area contributed by atoms with Gasteiger partial charge in [0.2, 0.25) is 9.05 Å². The molecule has 5 heteroatoms. The highest BCUT2D eigenvalue weighted by molar-refractivity contribution is 8.13. The molecule has 0 saturated carbocycles. The monoisotopic (exact) mass is 200 g/mol. The van der Waals surface area contributed by atoms with E-state index >= 15 is 0 Å². The van der Waals surface area contributed by atoms with E-state index < -0.39 is 9.05 Å². The Labute approximate surface area is 72.1 Å². The van der Waals surface area contributed by atoms with E-state index in [1.807, 2.05) is 6.92 Å². The van der Waals surface area contributed by atoms with E-state index in [0.717, 1.165) is 6.42 Å². The van der Waals surface area contributed by atoms with Crippen molar-refractivity contribution in [1.29, 1.82) is 0 Å². The van der Waals surface area contributed by atoms with E-state index in [1.165, 1.54) is 0 Å². The molecule has 0 aliphatic carbocycles. The van der Waals surface area contributed by atoms with Crippen LogP contribution in [0.4, 0.5) is 0 Å². The summed E-state index contributed by atoms with van der Waals surface area (Å²) >= 11 is 0. The van der Waals surface area contributed by atoms with Crippen LogP contribution in [0.5, 0.6) is 0 Å². The Morgan fingerprint density at radius 2 is 2.09 bits per heavy atom.